The quantitative estimate of drug-likeness (QED) is 0.836. The van der Waals surface area contributed by atoms with Gasteiger partial charge in [-0.05, 0) is 42.3 Å². The van der Waals surface area contributed by atoms with E-state index in [9.17, 15) is 16.8 Å². The average molecular weight is 401 g/mol. The highest BCUT2D eigenvalue weighted by molar-refractivity contribution is 7.93. The van der Waals surface area contributed by atoms with Crippen LogP contribution in [0.15, 0.2) is 48.5 Å². The molecular weight excluding hydrogens is 384 g/mol. The smallest absolute Gasteiger partial charge is 0.236 e. The molecule has 25 heavy (non-hydrogen) atoms. The number of anilines is 2. The Kier molecular flexibility index (Phi) is 4.95. The molecule has 0 atom stereocenters. The second kappa shape index (κ2) is 6.86. The van der Waals surface area contributed by atoms with Crippen molar-refractivity contribution in [3.63, 3.8) is 0 Å². The van der Waals surface area contributed by atoms with Gasteiger partial charge in [0.15, 0.2) is 0 Å². The number of hydrogen-bond donors (Lipinski definition) is 1. The normalized spacial score (nSPS) is 16.8. The Morgan fingerprint density at radius 2 is 1.84 bits per heavy atom. The summed E-state index contributed by atoms with van der Waals surface area (Å²) < 4.78 is 52.5. The SMILES string of the molecule is O=S(=O)(Cc1ccc(Cl)cc1)Nc1cccc(N2CCCS2(=O)=O)c1. The Bertz CT molecular complexity index is 973. The first kappa shape index (κ1) is 18.0. The summed E-state index contributed by atoms with van der Waals surface area (Å²) in [5.41, 5.74) is 1.40. The molecule has 1 N–H and O–H groups in total. The molecule has 0 spiro atoms. The van der Waals surface area contributed by atoms with E-state index in [0.29, 0.717) is 34.9 Å². The molecule has 0 aliphatic carbocycles. The van der Waals surface area contributed by atoms with Crippen LogP contribution in [0, 0.1) is 0 Å². The van der Waals surface area contributed by atoms with Crippen LogP contribution in [0.4, 0.5) is 11.4 Å². The first-order chi connectivity index (χ1) is 11.8. The minimum absolute atomic E-state index is 0.111. The van der Waals surface area contributed by atoms with Crippen molar-refractivity contribution in [3.05, 3.63) is 59.1 Å². The molecule has 3 rings (SSSR count). The Morgan fingerprint density at radius 3 is 2.48 bits per heavy atom. The number of nitrogens with zero attached hydrogens (tertiary/aromatic N) is 1. The van der Waals surface area contributed by atoms with Gasteiger partial charge in [-0.2, -0.15) is 0 Å². The highest BCUT2D eigenvalue weighted by Crippen LogP contribution is 2.27. The van der Waals surface area contributed by atoms with Crippen molar-refractivity contribution in [1.82, 2.24) is 0 Å². The monoisotopic (exact) mass is 400 g/mol. The number of halogens is 1. The first-order valence-electron chi connectivity index (χ1n) is 7.61. The molecule has 1 fully saturated rings. The zero-order valence-corrected chi connectivity index (χ0v) is 15.6. The van der Waals surface area contributed by atoms with Gasteiger partial charge in [-0.3, -0.25) is 9.03 Å². The Morgan fingerprint density at radius 1 is 1.12 bits per heavy atom. The summed E-state index contributed by atoms with van der Waals surface area (Å²) in [7, 11) is -6.94. The van der Waals surface area contributed by atoms with E-state index >= 15 is 0 Å². The van der Waals surface area contributed by atoms with Crippen LogP contribution in [0.3, 0.4) is 0 Å². The first-order valence-corrected chi connectivity index (χ1v) is 11.2. The van der Waals surface area contributed by atoms with E-state index in [4.69, 9.17) is 11.6 Å². The van der Waals surface area contributed by atoms with Gasteiger partial charge in [0.05, 0.1) is 22.9 Å². The predicted molar refractivity (Wildman–Crippen MR) is 99.9 cm³/mol. The van der Waals surface area contributed by atoms with Crippen LogP contribution >= 0.6 is 11.6 Å². The Hall–Kier alpha value is -1.77. The Labute approximate surface area is 152 Å². The van der Waals surface area contributed by atoms with Crippen LogP contribution in [0.5, 0.6) is 0 Å². The topological polar surface area (TPSA) is 83.6 Å². The van der Waals surface area contributed by atoms with E-state index in [2.05, 4.69) is 4.72 Å². The van der Waals surface area contributed by atoms with Crippen LogP contribution in [0.2, 0.25) is 5.02 Å². The van der Waals surface area contributed by atoms with Gasteiger partial charge >= 0.3 is 0 Å². The average Bonchev–Trinajstić information content (AvgIpc) is 2.88. The van der Waals surface area contributed by atoms with E-state index in [1.165, 1.54) is 10.4 Å². The van der Waals surface area contributed by atoms with Crippen LogP contribution < -0.4 is 9.03 Å². The lowest BCUT2D eigenvalue weighted by Crippen LogP contribution is -2.25. The van der Waals surface area contributed by atoms with E-state index in [-0.39, 0.29) is 11.5 Å². The second-order valence-corrected chi connectivity index (χ2v) is 9.95. The van der Waals surface area contributed by atoms with Crippen LogP contribution in [0.1, 0.15) is 12.0 Å². The summed E-state index contributed by atoms with van der Waals surface area (Å²) in [4.78, 5) is 0. The summed E-state index contributed by atoms with van der Waals surface area (Å²) in [6.45, 7) is 0.406. The molecule has 2 aromatic carbocycles. The fourth-order valence-electron chi connectivity index (χ4n) is 2.67. The summed E-state index contributed by atoms with van der Waals surface area (Å²) in [6, 6.07) is 13.0. The van der Waals surface area contributed by atoms with Gasteiger partial charge in [0.2, 0.25) is 20.0 Å². The molecule has 1 heterocycles. The molecule has 0 amide bonds. The van der Waals surface area contributed by atoms with E-state index < -0.39 is 20.0 Å². The van der Waals surface area contributed by atoms with Crippen molar-refractivity contribution in [1.29, 1.82) is 0 Å². The Balaban J connectivity index is 1.78. The zero-order chi connectivity index (χ0) is 18.1. The van der Waals surface area contributed by atoms with Gasteiger partial charge in [0.1, 0.15) is 0 Å². The van der Waals surface area contributed by atoms with Gasteiger partial charge in [-0.1, -0.05) is 29.8 Å². The molecule has 0 unspecified atom stereocenters. The van der Waals surface area contributed by atoms with Crippen LogP contribution in [-0.4, -0.2) is 29.1 Å². The largest absolute Gasteiger partial charge is 0.283 e. The molecule has 1 aliphatic heterocycles. The maximum Gasteiger partial charge on any atom is 0.236 e. The number of rotatable bonds is 5. The maximum absolute atomic E-state index is 12.3. The fraction of sp³-hybridized carbons (Fsp3) is 0.250. The highest BCUT2D eigenvalue weighted by atomic mass is 35.5. The van der Waals surface area contributed by atoms with Gasteiger partial charge in [-0.15, -0.1) is 0 Å². The third-order valence-electron chi connectivity index (χ3n) is 3.78. The summed E-state index contributed by atoms with van der Waals surface area (Å²) >= 11 is 5.80. The van der Waals surface area contributed by atoms with Gasteiger partial charge in [0.25, 0.3) is 0 Å². The standard InChI is InChI=1S/C16H17ClN2O4S2/c17-14-7-5-13(6-8-14)12-24(20,21)18-15-3-1-4-16(11-15)19-9-2-10-25(19,22)23/h1,3-8,11,18H,2,9-10,12H2. The lowest BCUT2D eigenvalue weighted by atomic mass is 10.2. The number of sulfonamides is 2. The summed E-state index contributed by atoms with van der Waals surface area (Å²) in [6.07, 6.45) is 0.564. The van der Waals surface area contributed by atoms with Crippen molar-refractivity contribution in [2.24, 2.45) is 0 Å². The van der Waals surface area contributed by atoms with Crippen molar-refractivity contribution in [3.8, 4) is 0 Å². The molecule has 6 nitrogen and oxygen atoms in total. The zero-order valence-electron chi connectivity index (χ0n) is 13.2. The minimum Gasteiger partial charge on any atom is -0.283 e. The minimum atomic E-state index is -3.63. The van der Waals surface area contributed by atoms with Crippen LogP contribution in [-0.2, 0) is 25.8 Å². The van der Waals surface area contributed by atoms with Crippen molar-refractivity contribution in [2.45, 2.75) is 12.2 Å². The fourth-order valence-corrected chi connectivity index (χ4v) is 5.54. The molecule has 134 valence electrons. The van der Waals surface area contributed by atoms with Gasteiger partial charge in [-0.25, -0.2) is 16.8 Å². The number of hydrogen-bond acceptors (Lipinski definition) is 4. The molecule has 0 aromatic heterocycles. The number of benzene rings is 2. The molecule has 9 heteroatoms. The third kappa shape index (κ3) is 4.45. The van der Waals surface area contributed by atoms with Crippen LogP contribution in [0.25, 0.3) is 0 Å². The molecule has 0 bridgehead atoms. The molecule has 1 saturated heterocycles. The summed E-state index contributed by atoms with van der Waals surface area (Å²) in [5, 5.41) is 0.536. The molecule has 1 aliphatic rings. The van der Waals surface area contributed by atoms with Crippen molar-refractivity contribution < 1.29 is 16.8 Å². The van der Waals surface area contributed by atoms with E-state index in [1.54, 1.807) is 42.5 Å². The highest BCUT2D eigenvalue weighted by Gasteiger charge is 2.28. The second-order valence-electron chi connectivity index (χ2n) is 5.78. The van der Waals surface area contributed by atoms with E-state index in [1.807, 2.05) is 0 Å². The van der Waals surface area contributed by atoms with Gasteiger partial charge < -0.3 is 0 Å². The van der Waals surface area contributed by atoms with Crippen molar-refractivity contribution >= 4 is 43.0 Å². The van der Waals surface area contributed by atoms with Crippen molar-refractivity contribution in [2.75, 3.05) is 21.3 Å². The third-order valence-corrected chi connectivity index (χ3v) is 7.16. The number of nitrogens with one attached hydrogen (secondary N) is 1. The molecule has 0 saturated carbocycles. The molecule has 0 radical (unpaired) electrons. The van der Waals surface area contributed by atoms with E-state index in [0.717, 1.165) is 0 Å². The van der Waals surface area contributed by atoms with Gasteiger partial charge in [0, 0.05) is 11.6 Å². The maximum atomic E-state index is 12.3. The predicted octanol–water partition coefficient (Wildman–Crippen LogP) is 2.82. The molecular formula is C16H17ClN2O4S2. The molecule has 2 aromatic rings. The lowest BCUT2D eigenvalue weighted by molar-refractivity contribution is 0.598. The lowest BCUT2D eigenvalue weighted by Gasteiger charge is -2.18. The summed E-state index contributed by atoms with van der Waals surface area (Å²) in [5.74, 6) is -0.0874.